The molecule has 5 rings (SSSR count). The molecule has 8 heteroatoms. The van der Waals surface area contributed by atoms with Crippen molar-refractivity contribution in [2.45, 2.75) is 44.7 Å². The van der Waals surface area contributed by atoms with E-state index in [1.807, 2.05) is 54.9 Å². The largest absolute Gasteiger partial charge is 0.361 e. The van der Waals surface area contributed by atoms with Crippen molar-refractivity contribution in [2.24, 2.45) is 5.73 Å². The van der Waals surface area contributed by atoms with E-state index in [1.54, 1.807) is 4.90 Å². The Kier molecular flexibility index (Phi) is 7.44. The highest BCUT2D eigenvalue weighted by Crippen LogP contribution is 2.33. The minimum absolute atomic E-state index is 0.0525. The zero-order chi connectivity index (χ0) is 24.9. The van der Waals surface area contributed by atoms with Gasteiger partial charge in [0, 0.05) is 30.2 Å². The van der Waals surface area contributed by atoms with Crippen molar-refractivity contribution in [1.82, 2.24) is 24.8 Å². The van der Waals surface area contributed by atoms with Crippen molar-refractivity contribution in [3.8, 4) is 11.3 Å². The van der Waals surface area contributed by atoms with Crippen LogP contribution in [-0.4, -0.2) is 48.9 Å². The summed E-state index contributed by atoms with van der Waals surface area (Å²) in [5.41, 5.74) is 9.84. The van der Waals surface area contributed by atoms with E-state index in [0.29, 0.717) is 31.2 Å². The number of H-pyrrole nitrogens is 2. The van der Waals surface area contributed by atoms with E-state index in [4.69, 9.17) is 22.9 Å². The number of imidazole rings is 1. The zero-order valence-corrected chi connectivity index (χ0v) is 21.1. The third kappa shape index (κ3) is 5.05. The van der Waals surface area contributed by atoms with E-state index >= 15 is 0 Å². The van der Waals surface area contributed by atoms with Crippen LogP contribution in [0.4, 0.5) is 0 Å². The number of rotatable bonds is 10. The van der Waals surface area contributed by atoms with Gasteiger partial charge in [-0.3, -0.25) is 9.69 Å². The summed E-state index contributed by atoms with van der Waals surface area (Å²) in [6, 6.07) is 18.1. The molecule has 4 aromatic rings. The van der Waals surface area contributed by atoms with Crippen LogP contribution in [0.25, 0.3) is 22.2 Å². The molecular formula is C28H32N6OS. The number of nitrogens with one attached hydrogen (secondary N) is 2. The van der Waals surface area contributed by atoms with Crippen LogP contribution in [0.5, 0.6) is 0 Å². The van der Waals surface area contributed by atoms with Gasteiger partial charge < -0.3 is 20.6 Å². The normalized spacial score (nSPS) is 16.3. The van der Waals surface area contributed by atoms with Crippen molar-refractivity contribution >= 4 is 34.1 Å². The Balaban J connectivity index is 1.42. The minimum Gasteiger partial charge on any atom is -0.361 e. The second-order valence-corrected chi connectivity index (χ2v) is 9.65. The summed E-state index contributed by atoms with van der Waals surface area (Å²) in [6.07, 6.45) is 8.23. The number of thiocarbonyl (C=S) groups is 1. The second-order valence-electron chi connectivity index (χ2n) is 9.29. The Morgan fingerprint density at radius 1 is 1.03 bits per heavy atom. The molecule has 0 aliphatic carbocycles. The van der Waals surface area contributed by atoms with Crippen molar-refractivity contribution in [1.29, 1.82) is 0 Å². The first-order valence-electron chi connectivity index (χ1n) is 12.6. The van der Waals surface area contributed by atoms with E-state index in [1.165, 1.54) is 0 Å². The molecule has 0 saturated carbocycles. The standard InChI is InChI=1S/C28H32N6OS/c29-14-8-1-2-9-15-33-26(35)16-25(27-31-18-24(32-27)20-10-4-3-5-11-20)34(28(33)36)19-21-17-30-23-13-7-6-12-22(21)23/h3-7,10-13,17-18,25,30H,1-2,8-9,14-16,19,29H2,(H,31,32). The van der Waals surface area contributed by atoms with Crippen LogP contribution in [0.1, 0.15) is 49.5 Å². The fraction of sp³-hybridized carbons (Fsp3) is 0.321. The number of para-hydroxylation sites is 1. The van der Waals surface area contributed by atoms with Gasteiger partial charge in [-0.1, -0.05) is 61.4 Å². The summed E-state index contributed by atoms with van der Waals surface area (Å²) in [4.78, 5) is 28.8. The first-order valence-corrected chi connectivity index (χ1v) is 13.0. The number of nitrogens with zero attached hydrogens (tertiary/aromatic N) is 3. The first-order chi connectivity index (χ1) is 17.7. The van der Waals surface area contributed by atoms with Gasteiger partial charge in [0.15, 0.2) is 5.11 Å². The number of nitrogens with two attached hydrogens (primary N) is 1. The van der Waals surface area contributed by atoms with Crippen LogP contribution in [0, 0.1) is 0 Å². The van der Waals surface area contributed by atoms with Crippen LogP contribution in [0.3, 0.4) is 0 Å². The van der Waals surface area contributed by atoms with Crippen LogP contribution in [0.15, 0.2) is 67.0 Å². The SMILES string of the molecule is NCCCCCCN1C(=O)CC(c2ncc(-c3ccccc3)[nH]2)N(Cc2c[nH]c3ccccc23)C1=S. The molecule has 1 unspecified atom stereocenters. The van der Waals surface area contributed by atoms with Crippen LogP contribution >= 0.6 is 12.2 Å². The van der Waals surface area contributed by atoms with Gasteiger partial charge in [0.25, 0.3) is 0 Å². The number of hydrogen-bond acceptors (Lipinski definition) is 4. The highest BCUT2D eigenvalue weighted by atomic mass is 32.1. The number of fused-ring (bicyclic) bond motifs is 1. The average Bonchev–Trinajstić information content (AvgIpc) is 3.56. The lowest BCUT2D eigenvalue weighted by molar-refractivity contribution is -0.131. The van der Waals surface area contributed by atoms with E-state index in [9.17, 15) is 4.79 Å². The van der Waals surface area contributed by atoms with Gasteiger partial charge in [0.1, 0.15) is 5.82 Å². The summed E-state index contributed by atoms with van der Waals surface area (Å²) in [5, 5.41) is 1.73. The summed E-state index contributed by atoms with van der Waals surface area (Å²) in [7, 11) is 0. The van der Waals surface area contributed by atoms with Gasteiger partial charge in [0.2, 0.25) is 5.91 Å². The molecule has 2 aromatic heterocycles. The lowest BCUT2D eigenvalue weighted by Gasteiger charge is -2.42. The Bertz CT molecular complexity index is 1330. The molecule has 1 saturated heterocycles. The van der Waals surface area contributed by atoms with E-state index in [-0.39, 0.29) is 11.9 Å². The Hall–Kier alpha value is -3.49. The number of unbranched alkanes of at least 4 members (excludes halogenated alkanes) is 3. The van der Waals surface area contributed by atoms with Crippen LogP contribution < -0.4 is 5.73 Å². The summed E-state index contributed by atoms with van der Waals surface area (Å²) < 4.78 is 0. The minimum atomic E-state index is -0.260. The van der Waals surface area contributed by atoms with E-state index in [0.717, 1.165) is 59.2 Å². The number of carbonyl (C=O) groups is 1. The highest BCUT2D eigenvalue weighted by Gasteiger charge is 2.38. The predicted molar refractivity (Wildman–Crippen MR) is 147 cm³/mol. The summed E-state index contributed by atoms with van der Waals surface area (Å²) >= 11 is 5.96. The maximum atomic E-state index is 13.3. The van der Waals surface area contributed by atoms with Gasteiger partial charge in [0.05, 0.1) is 24.4 Å². The molecule has 7 nitrogen and oxygen atoms in total. The van der Waals surface area contributed by atoms with Gasteiger partial charge in [-0.2, -0.15) is 0 Å². The van der Waals surface area contributed by atoms with Gasteiger partial charge >= 0.3 is 0 Å². The number of hydrogen-bond donors (Lipinski definition) is 3. The molecule has 2 aromatic carbocycles. The van der Waals surface area contributed by atoms with Crippen LogP contribution in [-0.2, 0) is 11.3 Å². The Morgan fingerprint density at radius 3 is 2.64 bits per heavy atom. The van der Waals surface area contributed by atoms with Crippen molar-refractivity contribution < 1.29 is 4.79 Å². The van der Waals surface area contributed by atoms with Crippen molar-refractivity contribution in [3.63, 3.8) is 0 Å². The molecule has 1 amide bonds. The average molecular weight is 501 g/mol. The molecule has 3 heterocycles. The molecule has 186 valence electrons. The molecule has 1 atom stereocenters. The summed E-state index contributed by atoms with van der Waals surface area (Å²) in [5.74, 6) is 0.809. The maximum Gasteiger partial charge on any atom is 0.231 e. The third-order valence-electron chi connectivity index (χ3n) is 6.87. The van der Waals surface area contributed by atoms with Gasteiger partial charge in [-0.15, -0.1) is 0 Å². The summed E-state index contributed by atoms with van der Waals surface area (Å²) in [6.45, 7) is 1.92. The van der Waals surface area contributed by atoms with Crippen LogP contribution in [0.2, 0.25) is 0 Å². The van der Waals surface area contributed by atoms with Gasteiger partial charge in [-0.25, -0.2) is 4.98 Å². The molecule has 0 radical (unpaired) electrons. The number of amides is 1. The molecule has 1 aliphatic heterocycles. The Labute approximate surface area is 216 Å². The first kappa shape index (κ1) is 24.2. The third-order valence-corrected chi connectivity index (χ3v) is 7.32. The van der Waals surface area contributed by atoms with Crippen molar-refractivity contribution in [3.05, 3.63) is 78.4 Å². The number of carbonyl (C=O) groups excluding carboxylic acids is 1. The molecule has 4 N–H and O–H groups in total. The lowest BCUT2D eigenvalue weighted by Crippen LogP contribution is -2.53. The molecule has 1 aliphatic rings. The smallest absolute Gasteiger partial charge is 0.231 e. The molecular weight excluding hydrogens is 468 g/mol. The topological polar surface area (TPSA) is 94.0 Å². The molecule has 0 spiro atoms. The van der Waals surface area contributed by atoms with E-state index < -0.39 is 0 Å². The quantitative estimate of drug-likeness (QED) is 0.207. The molecule has 36 heavy (non-hydrogen) atoms. The fourth-order valence-corrected chi connectivity index (χ4v) is 5.29. The lowest BCUT2D eigenvalue weighted by atomic mass is 10.1. The van der Waals surface area contributed by atoms with Gasteiger partial charge in [-0.05, 0) is 48.8 Å². The number of aromatic nitrogens is 3. The second kappa shape index (κ2) is 11.1. The monoisotopic (exact) mass is 500 g/mol. The Morgan fingerprint density at radius 2 is 1.81 bits per heavy atom. The molecule has 1 fully saturated rings. The predicted octanol–water partition coefficient (Wildman–Crippen LogP) is 5.14. The fourth-order valence-electron chi connectivity index (χ4n) is 4.91. The number of aromatic amines is 2. The van der Waals surface area contributed by atoms with E-state index in [2.05, 4.69) is 27.0 Å². The highest BCUT2D eigenvalue weighted by molar-refractivity contribution is 7.80. The maximum absolute atomic E-state index is 13.3. The number of benzene rings is 2. The molecule has 0 bridgehead atoms. The van der Waals surface area contributed by atoms with Crippen molar-refractivity contribution in [2.75, 3.05) is 13.1 Å². The zero-order valence-electron chi connectivity index (χ0n) is 20.3.